The fourth-order valence-corrected chi connectivity index (χ4v) is 19.1. The van der Waals surface area contributed by atoms with Crippen molar-refractivity contribution in [2.75, 3.05) is 42.2 Å². The molecule has 34 atom stereocenters. The molecule has 26 nitrogen and oxygen atoms in total. The Hall–Kier alpha value is -2.46. The van der Waals surface area contributed by atoms with Crippen LogP contribution in [0.2, 0.25) is 0 Å². The minimum atomic E-state index is -1.32. The molecule has 0 aromatic heterocycles. The molecule has 8 heterocycles. The maximum Gasteiger partial charge on any atom is 0.303 e. The van der Waals surface area contributed by atoms with Crippen molar-refractivity contribution in [1.82, 2.24) is 0 Å². The van der Waals surface area contributed by atoms with E-state index in [1.165, 1.54) is 32.4 Å². The molecule has 3 saturated carbocycles. The van der Waals surface area contributed by atoms with E-state index in [9.17, 15) is 14.7 Å². The van der Waals surface area contributed by atoms with E-state index in [0.717, 1.165) is 38.5 Å². The first-order valence-electron chi connectivity index (χ1n) is 36.0. The average Bonchev–Trinajstić information content (AvgIpc) is 1.61. The van der Waals surface area contributed by atoms with Gasteiger partial charge in [-0.1, -0.05) is 25.5 Å². The Labute approximate surface area is 571 Å². The van der Waals surface area contributed by atoms with Gasteiger partial charge in [-0.05, 0) is 147 Å². The number of Topliss-reactive ketones (excluding diaryl/α,β-unsaturated/α-hetero) is 1. The lowest BCUT2D eigenvalue weighted by Gasteiger charge is -2.58. The lowest BCUT2D eigenvalue weighted by molar-refractivity contribution is -0.491. The number of methoxy groups -OCH3 is 5. The molecule has 97 heavy (non-hydrogen) atoms. The summed E-state index contributed by atoms with van der Waals surface area (Å²) in [5, 5.41) is 11.6. The van der Waals surface area contributed by atoms with Crippen molar-refractivity contribution in [3.05, 3.63) is 23.5 Å². The lowest BCUT2D eigenvalue weighted by atomic mass is 9.47. The first kappa shape index (κ1) is 74.3. The predicted molar refractivity (Wildman–Crippen MR) is 339 cm³/mol. The molecule has 1 N–H and O–H groups in total. The summed E-state index contributed by atoms with van der Waals surface area (Å²) in [7, 11) is 7.89. The molecule has 0 aromatic carbocycles. The van der Waals surface area contributed by atoms with Gasteiger partial charge in [0.05, 0.1) is 92.6 Å². The molecule has 1 spiro atoms. The number of fused-ring (bicyclic) bond motifs is 6. The minimum Gasteiger partial charge on any atom is -0.493 e. The van der Waals surface area contributed by atoms with E-state index < -0.39 is 159 Å². The number of allylic oxidation sites excluding steroid dienone is 1. The van der Waals surface area contributed by atoms with Crippen LogP contribution in [-0.4, -0.2) is 231 Å². The molecule has 26 heteroatoms. The Morgan fingerprint density at radius 3 is 1.89 bits per heavy atom. The normalized spacial score (nSPS) is 49.8. The Bertz CT molecular complexity index is 2690. The van der Waals surface area contributed by atoms with Gasteiger partial charge in [-0.25, -0.2) is 14.7 Å². The van der Waals surface area contributed by atoms with Crippen LogP contribution in [0.25, 0.3) is 0 Å². The summed E-state index contributed by atoms with van der Waals surface area (Å²) >= 11 is 0. The fraction of sp³-hybridized carbons (Fsp3) is 0.915. The summed E-state index contributed by atoms with van der Waals surface area (Å²) < 4.78 is 118. The second-order valence-corrected chi connectivity index (χ2v) is 30.3. The molecule has 12 rings (SSSR count). The van der Waals surface area contributed by atoms with Crippen LogP contribution in [0, 0.1) is 34.5 Å². The van der Waals surface area contributed by atoms with Gasteiger partial charge in [0.15, 0.2) is 43.3 Å². The number of aliphatic hydroxyl groups excluding tert-OH is 1. The van der Waals surface area contributed by atoms with Crippen LogP contribution in [0.1, 0.15) is 166 Å². The van der Waals surface area contributed by atoms with Crippen LogP contribution < -0.4 is 0 Å². The zero-order chi connectivity index (χ0) is 69.0. The second-order valence-electron chi connectivity index (χ2n) is 30.3. The minimum absolute atomic E-state index is 0.0377. The molecule has 0 aromatic rings. The molecule has 10 fully saturated rings. The highest BCUT2D eigenvalue weighted by molar-refractivity contribution is 5.96. The summed E-state index contributed by atoms with van der Waals surface area (Å²) in [5.74, 6) is 0.515. The van der Waals surface area contributed by atoms with Gasteiger partial charge in [-0.2, -0.15) is 4.89 Å². The molecule has 12 aliphatic rings. The van der Waals surface area contributed by atoms with Crippen LogP contribution in [0.3, 0.4) is 0 Å². The number of hydrogen-bond acceptors (Lipinski definition) is 26. The van der Waals surface area contributed by atoms with E-state index in [0.29, 0.717) is 48.7 Å². The first-order valence-corrected chi connectivity index (χ1v) is 36.0. The second kappa shape index (κ2) is 31.1. The van der Waals surface area contributed by atoms with Crippen molar-refractivity contribution in [3.8, 4) is 0 Å². The summed E-state index contributed by atoms with van der Waals surface area (Å²) in [6.45, 7) is 21.8. The smallest absolute Gasteiger partial charge is 0.303 e. The van der Waals surface area contributed by atoms with Crippen LogP contribution in [0.5, 0.6) is 0 Å². The number of hydrogen-bond donors (Lipinski definition) is 1. The fourth-order valence-electron chi connectivity index (χ4n) is 19.1. The third kappa shape index (κ3) is 15.5. The van der Waals surface area contributed by atoms with Crippen molar-refractivity contribution in [2.45, 2.75) is 338 Å². The monoisotopic (exact) mass is 1380 g/mol. The molecular weight excluding hydrogens is 1270 g/mol. The van der Waals surface area contributed by atoms with Gasteiger partial charge in [0.25, 0.3) is 5.78 Å². The Kier molecular flexibility index (Phi) is 23.8. The highest BCUT2D eigenvalue weighted by Crippen LogP contribution is 2.67. The van der Waals surface area contributed by atoms with Gasteiger partial charge in [-0.3, -0.25) is 9.59 Å². The van der Waals surface area contributed by atoms with E-state index >= 15 is 0 Å². The van der Waals surface area contributed by atoms with Crippen molar-refractivity contribution >= 4 is 11.8 Å². The number of esters is 1. The van der Waals surface area contributed by atoms with Crippen molar-refractivity contribution in [2.24, 2.45) is 34.5 Å². The molecule has 4 aliphatic carbocycles. The molecule has 552 valence electrons. The number of carbonyl (C=O) groups excluding carboxylic acids is 2. The quantitative estimate of drug-likeness (QED) is 0.0525. The zero-order valence-electron chi connectivity index (χ0n) is 59.8. The van der Waals surface area contributed by atoms with Gasteiger partial charge in [0.2, 0.25) is 12.1 Å². The summed E-state index contributed by atoms with van der Waals surface area (Å²) in [4.78, 5) is 49.5. The van der Waals surface area contributed by atoms with Gasteiger partial charge in [0, 0.05) is 73.9 Å². The van der Waals surface area contributed by atoms with Crippen LogP contribution in [-0.2, 0) is 119 Å². The molecular formula is C71H112O26. The Morgan fingerprint density at radius 2 is 1.24 bits per heavy atom. The number of ketones is 1. The molecule has 0 amide bonds. The summed E-state index contributed by atoms with van der Waals surface area (Å²) in [6, 6.07) is 0. The van der Waals surface area contributed by atoms with Crippen molar-refractivity contribution in [3.63, 3.8) is 0 Å². The largest absolute Gasteiger partial charge is 0.493 e. The highest BCUT2D eigenvalue weighted by atomic mass is 17.2. The SMILES string of the molecule is COC1=C[C@@H](C)OC(O[C@H]2CC[C@@]3(C)C(=CC[C@H]4[C@@H]5CC[C@H](C(C)O[C@H]6C[C@H]7OC[C@@]8(C[C@@H](OC)[C@H](OO[C@H]9C[C@H](OC)[C@H](O[C@H]%10C[C@@H](O)[C@H](O[C@H]%11C[C@H](OC)[C@H](O[C@H]%12C[C@H](OC)[C@H](OC(C)=O)[C@@H](C)O%12)[C@@H](C)O%11)[C@@H](C)O%10)[C@@H](C)O9)[C@@H](C)O8)OO[C@@H]7[C@@H](C)O6)[C@@]5(C)CC[C@@H]43)C2)C1=O. The van der Waals surface area contributed by atoms with E-state index in [-0.39, 0.29) is 60.8 Å². The number of aliphatic hydroxyl groups is 1. The van der Waals surface area contributed by atoms with Crippen LogP contribution >= 0.6 is 0 Å². The van der Waals surface area contributed by atoms with Gasteiger partial charge in [0.1, 0.15) is 43.2 Å². The first-order chi connectivity index (χ1) is 46.4. The van der Waals surface area contributed by atoms with Crippen LogP contribution in [0.4, 0.5) is 0 Å². The van der Waals surface area contributed by atoms with Gasteiger partial charge < -0.3 is 95.1 Å². The average molecular weight is 1380 g/mol. The molecule has 8 aliphatic heterocycles. The van der Waals surface area contributed by atoms with Crippen molar-refractivity contribution in [1.29, 1.82) is 0 Å². The maximum atomic E-state index is 13.1. The highest BCUT2D eigenvalue weighted by Gasteiger charge is 2.61. The third-order valence-corrected chi connectivity index (χ3v) is 24.2. The summed E-state index contributed by atoms with van der Waals surface area (Å²) in [5.41, 5.74) is 1.73. The lowest BCUT2D eigenvalue weighted by Crippen LogP contribution is -2.58. The molecule has 0 radical (unpaired) electrons. The van der Waals surface area contributed by atoms with E-state index in [1.807, 2.05) is 48.5 Å². The Morgan fingerprint density at radius 1 is 0.629 bits per heavy atom. The standard InChI is InChI=1S/C71H112O26/c1-34-25-50(75-12)61(74)68(81-34)89-44-21-23-69(10)43(26-44)17-18-45-47-20-19-46(70(47,11)24-22-48(45)69)35(2)82-57-31-54-66(40(7)86-57)96-97-71(33-80-54)32-55(79-16)67(41(8)93-71)95-94-60-30-53(78-15)65(39(6)87-60)91-56-27-49(73)62(36(3)83-56)90-58-29-52(77-14)64(38(5)85-58)92-59-28-51(76-13)63(37(4)84-59)88-42(9)72/h17,25,34-41,44-49,51-60,62-68,73H,18-24,26-33H2,1-16H3/t34-,35?,36-,37-,38-,39-,40-,41-,44+,45+,46-,47+,48+,49-,51+,52+,53+,54-,55-,56+,57-,58+,59+,60+,62-,63-,64-,65-,66-,67-,68?,69+,70-,71-/m1/s1. The van der Waals surface area contributed by atoms with Crippen molar-refractivity contribution < 1.29 is 124 Å². The number of rotatable bonds is 20. The molecule has 2 unspecified atom stereocenters. The van der Waals surface area contributed by atoms with Crippen LogP contribution in [0.15, 0.2) is 23.5 Å². The number of ether oxygens (including phenoxy) is 19. The summed E-state index contributed by atoms with van der Waals surface area (Å²) in [6.07, 6.45) is -0.641. The predicted octanol–water partition coefficient (Wildman–Crippen LogP) is 7.92. The van der Waals surface area contributed by atoms with E-state index in [4.69, 9.17) is 110 Å². The third-order valence-electron chi connectivity index (χ3n) is 24.2. The topological polar surface area (TPSA) is 267 Å². The van der Waals surface area contributed by atoms with E-state index in [2.05, 4.69) is 26.8 Å². The zero-order valence-corrected chi connectivity index (χ0v) is 59.8. The molecule has 7 saturated heterocycles. The Balaban J connectivity index is 0.580. The van der Waals surface area contributed by atoms with E-state index in [1.54, 1.807) is 34.5 Å². The van der Waals surface area contributed by atoms with Gasteiger partial charge >= 0.3 is 5.97 Å². The maximum absolute atomic E-state index is 13.1. The number of carbonyl (C=O) groups is 2. The van der Waals surface area contributed by atoms with Gasteiger partial charge in [-0.15, -0.1) is 0 Å². The molecule has 0 bridgehead atoms.